The van der Waals surface area contributed by atoms with E-state index in [1.807, 2.05) is 74.7 Å². The number of hydrogen-bond donors (Lipinski definition) is 1. The van der Waals surface area contributed by atoms with Gasteiger partial charge < -0.3 is 5.32 Å². The molecule has 0 saturated heterocycles. The molecule has 2 heterocycles. The minimum atomic E-state index is -0.446. The second kappa shape index (κ2) is 9.77. The third-order valence-corrected chi connectivity index (χ3v) is 7.40. The Morgan fingerprint density at radius 2 is 1.88 bits per heavy atom. The Labute approximate surface area is 201 Å². The lowest BCUT2D eigenvalue weighted by Gasteiger charge is -2.17. The van der Waals surface area contributed by atoms with Crippen molar-refractivity contribution in [2.45, 2.75) is 37.7 Å². The third-order valence-electron chi connectivity index (χ3n) is 5.44. The second-order valence-corrected chi connectivity index (χ2v) is 9.98. The van der Waals surface area contributed by atoms with Crippen molar-refractivity contribution >= 4 is 44.9 Å². The van der Waals surface area contributed by atoms with Crippen molar-refractivity contribution < 1.29 is 4.79 Å². The van der Waals surface area contributed by atoms with Crippen LogP contribution < -0.4 is 10.9 Å². The third kappa shape index (κ3) is 4.65. The number of anilines is 1. The topological polar surface area (TPSA) is 64.0 Å². The molecule has 2 aromatic heterocycles. The number of thiophene rings is 1. The number of hydrogen-bond acceptors (Lipinski definition) is 5. The zero-order chi connectivity index (χ0) is 23.5. The fourth-order valence-electron chi connectivity index (χ4n) is 3.66. The van der Waals surface area contributed by atoms with Gasteiger partial charge in [0.25, 0.3) is 5.56 Å². The highest BCUT2D eigenvalue weighted by Gasteiger charge is 2.22. The van der Waals surface area contributed by atoms with Crippen molar-refractivity contribution in [2.75, 3.05) is 5.32 Å². The van der Waals surface area contributed by atoms with Crippen molar-refractivity contribution in [3.05, 3.63) is 88.0 Å². The van der Waals surface area contributed by atoms with Gasteiger partial charge >= 0.3 is 0 Å². The largest absolute Gasteiger partial charge is 0.325 e. The maximum Gasteiger partial charge on any atom is 0.263 e. The van der Waals surface area contributed by atoms with Crippen molar-refractivity contribution in [1.82, 2.24) is 9.55 Å². The van der Waals surface area contributed by atoms with Gasteiger partial charge in [-0.3, -0.25) is 14.2 Å². The first-order valence-corrected chi connectivity index (χ1v) is 12.4. The van der Waals surface area contributed by atoms with Gasteiger partial charge in [-0.05, 0) is 37.5 Å². The zero-order valence-electron chi connectivity index (χ0n) is 18.8. The molecule has 0 aliphatic rings. The van der Waals surface area contributed by atoms with Crippen LogP contribution in [0, 0.1) is 13.8 Å². The Morgan fingerprint density at radius 1 is 1.18 bits per heavy atom. The molecule has 1 amide bonds. The van der Waals surface area contributed by atoms with E-state index in [0.29, 0.717) is 21.9 Å². The second-order valence-electron chi connectivity index (χ2n) is 7.81. The fourth-order valence-corrected chi connectivity index (χ4v) is 5.57. The van der Waals surface area contributed by atoms with Crippen LogP contribution in [0.15, 0.2) is 76.5 Å². The molecule has 4 aromatic rings. The average molecular weight is 476 g/mol. The lowest BCUT2D eigenvalue weighted by Crippen LogP contribution is -2.27. The lowest BCUT2D eigenvalue weighted by molar-refractivity contribution is -0.115. The number of carbonyl (C=O) groups is 1. The molecule has 168 valence electrons. The van der Waals surface area contributed by atoms with Crippen molar-refractivity contribution in [3.8, 4) is 11.1 Å². The number of aryl methyl sites for hydroxylation is 2. The summed E-state index contributed by atoms with van der Waals surface area (Å²) in [6, 6.07) is 15.7. The van der Waals surface area contributed by atoms with Crippen LogP contribution >= 0.6 is 23.1 Å². The van der Waals surface area contributed by atoms with Crippen molar-refractivity contribution in [3.63, 3.8) is 0 Å². The van der Waals surface area contributed by atoms with Crippen LogP contribution in [0.1, 0.15) is 18.1 Å². The zero-order valence-corrected chi connectivity index (χ0v) is 20.4. The molecule has 0 spiro atoms. The first-order valence-electron chi connectivity index (χ1n) is 10.6. The van der Waals surface area contributed by atoms with Crippen LogP contribution in [0.2, 0.25) is 0 Å². The predicted molar refractivity (Wildman–Crippen MR) is 139 cm³/mol. The number of allylic oxidation sites excluding steroid dienone is 1. The van der Waals surface area contributed by atoms with E-state index in [4.69, 9.17) is 4.98 Å². The van der Waals surface area contributed by atoms with Gasteiger partial charge in [0.2, 0.25) is 5.91 Å². The van der Waals surface area contributed by atoms with Gasteiger partial charge in [0.15, 0.2) is 5.16 Å². The van der Waals surface area contributed by atoms with Crippen LogP contribution in [0.4, 0.5) is 5.69 Å². The SMILES string of the molecule is C=CCn1c(SC(C)C(=O)Nc2c(C)cccc2C)nc2scc(-c3ccccc3)c2c1=O. The van der Waals surface area contributed by atoms with Crippen molar-refractivity contribution in [2.24, 2.45) is 0 Å². The molecule has 33 heavy (non-hydrogen) atoms. The van der Waals surface area contributed by atoms with E-state index in [9.17, 15) is 9.59 Å². The Morgan fingerprint density at radius 3 is 2.55 bits per heavy atom. The smallest absolute Gasteiger partial charge is 0.263 e. The summed E-state index contributed by atoms with van der Waals surface area (Å²) in [5.74, 6) is -0.131. The highest BCUT2D eigenvalue weighted by molar-refractivity contribution is 8.00. The summed E-state index contributed by atoms with van der Waals surface area (Å²) >= 11 is 2.72. The van der Waals surface area contributed by atoms with E-state index in [1.54, 1.807) is 10.6 Å². The molecule has 0 fully saturated rings. The summed E-state index contributed by atoms with van der Waals surface area (Å²) in [5, 5.41) is 5.67. The van der Waals surface area contributed by atoms with Gasteiger partial charge in [0.05, 0.1) is 10.6 Å². The maximum absolute atomic E-state index is 13.5. The number of rotatable bonds is 7. The molecular formula is C26H25N3O2S2. The molecule has 1 N–H and O–H groups in total. The number of aromatic nitrogens is 2. The number of carbonyl (C=O) groups excluding carboxylic acids is 1. The molecule has 4 rings (SSSR count). The standard InChI is InChI=1S/C26H25N3O2S2/c1-5-14-29-25(31)21-20(19-12-7-6-8-13-19)15-32-24(21)28-26(29)33-18(4)23(30)27-22-16(2)10-9-11-17(22)3/h5-13,15,18H,1,14H2,2-4H3,(H,27,30). The average Bonchev–Trinajstić information content (AvgIpc) is 3.23. The van der Waals surface area contributed by atoms with Gasteiger partial charge in [0, 0.05) is 23.2 Å². The Kier molecular flexibility index (Phi) is 6.81. The number of benzene rings is 2. The summed E-state index contributed by atoms with van der Waals surface area (Å²) in [4.78, 5) is 31.9. The van der Waals surface area contributed by atoms with Crippen LogP contribution in [0.5, 0.6) is 0 Å². The molecule has 7 heteroatoms. The van der Waals surface area contributed by atoms with Gasteiger partial charge in [0.1, 0.15) is 4.83 Å². The quantitative estimate of drug-likeness (QED) is 0.201. The van der Waals surface area contributed by atoms with Gasteiger partial charge in [-0.1, -0.05) is 66.4 Å². The molecule has 1 unspecified atom stereocenters. The summed E-state index contributed by atoms with van der Waals surface area (Å²) in [5.41, 5.74) is 4.58. The first kappa shape index (κ1) is 23.0. The van der Waals surface area contributed by atoms with Crippen LogP contribution in [0.3, 0.4) is 0 Å². The molecule has 0 bridgehead atoms. The van der Waals surface area contributed by atoms with Gasteiger partial charge in [-0.15, -0.1) is 17.9 Å². The van der Waals surface area contributed by atoms with E-state index < -0.39 is 5.25 Å². The lowest BCUT2D eigenvalue weighted by atomic mass is 10.1. The minimum Gasteiger partial charge on any atom is -0.325 e. The number of amides is 1. The summed E-state index contributed by atoms with van der Waals surface area (Å²) in [6.07, 6.45) is 1.68. The molecule has 0 saturated carbocycles. The maximum atomic E-state index is 13.5. The fraction of sp³-hybridized carbons (Fsp3) is 0.192. The summed E-state index contributed by atoms with van der Waals surface area (Å²) in [7, 11) is 0. The highest BCUT2D eigenvalue weighted by atomic mass is 32.2. The number of nitrogens with zero attached hydrogens (tertiary/aromatic N) is 2. The van der Waals surface area contributed by atoms with Gasteiger partial charge in [-0.25, -0.2) is 4.98 Å². The molecule has 2 aromatic carbocycles. The number of nitrogens with one attached hydrogen (secondary N) is 1. The van der Waals surface area contributed by atoms with E-state index in [2.05, 4.69) is 11.9 Å². The highest BCUT2D eigenvalue weighted by Crippen LogP contribution is 2.33. The normalized spacial score (nSPS) is 12.0. The monoisotopic (exact) mass is 475 g/mol. The van der Waals surface area contributed by atoms with E-state index >= 15 is 0 Å². The Bertz CT molecular complexity index is 1370. The molecule has 0 radical (unpaired) electrons. The van der Waals surface area contributed by atoms with Crippen LogP contribution in [-0.2, 0) is 11.3 Å². The molecule has 5 nitrogen and oxygen atoms in total. The number of para-hydroxylation sites is 1. The van der Waals surface area contributed by atoms with Crippen LogP contribution in [0.25, 0.3) is 21.3 Å². The summed E-state index contributed by atoms with van der Waals surface area (Å²) < 4.78 is 1.60. The number of fused-ring (bicyclic) bond motifs is 1. The molecule has 0 aliphatic heterocycles. The Hall–Kier alpha value is -3.16. The van der Waals surface area contributed by atoms with E-state index in [-0.39, 0.29) is 11.5 Å². The number of thioether (sulfide) groups is 1. The van der Waals surface area contributed by atoms with Crippen molar-refractivity contribution in [1.29, 1.82) is 0 Å². The van der Waals surface area contributed by atoms with E-state index in [0.717, 1.165) is 27.9 Å². The molecular weight excluding hydrogens is 450 g/mol. The predicted octanol–water partition coefficient (Wildman–Crippen LogP) is 6.05. The summed E-state index contributed by atoms with van der Waals surface area (Å²) in [6.45, 7) is 9.89. The molecule has 0 aliphatic carbocycles. The van der Waals surface area contributed by atoms with Crippen LogP contribution in [-0.4, -0.2) is 20.7 Å². The van der Waals surface area contributed by atoms with Gasteiger partial charge in [-0.2, -0.15) is 0 Å². The minimum absolute atomic E-state index is 0.121. The molecule has 1 atom stereocenters. The van der Waals surface area contributed by atoms with E-state index in [1.165, 1.54) is 23.1 Å². The first-order chi connectivity index (χ1) is 15.9. The Balaban J connectivity index is 1.69.